The van der Waals surface area contributed by atoms with Crippen molar-refractivity contribution in [2.24, 2.45) is 5.92 Å². The third kappa shape index (κ3) is 4.96. The Labute approximate surface area is 113 Å². The molecule has 1 aromatic carbocycles. The Kier molecular flexibility index (Phi) is 5.30. The van der Waals surface area contributed by atoms with Gasteiger partial charge in [0.05, 0.1) is 11.5 Å². The fourth-order valence-electron chi connectivity index (χ4n) is 1.93. The first-order valence-corrected chi connectivity index (χ1v) is 6.78. The molecule has 5 heteroatoms. The van der Waals surface area contributed by atoms with Crippen molar-refractivity contribution in [2.75, 3.05) is 26.3 Å². The van der Waals surface area contributed by atoms with Crippen LogP contribution in [0.4, 0.5) is 5.69 Å². The average molecular weight is 264 g/mol. The van der Waals surface area contributed by atoms with Crippen LogP contribution in [-0.2, 0) is 11.2 Å². The van der Waals surface area contributed by atoms with Crippen LogP contribution < -0.4 is 5.32 Å². The Bertz CT molecular complexity index is 419. The molecule has 0 bridgehead atoms. The number of hydrogen-bond acceptors (Lipinski definition) is 4. The van der Waals surface area contributed by atoms with Crippen LogP contribution >= 0.6 is 0 Å². The third-order valence-corrected chi connectivity index (χ3v) is 3.23. The number of benzene rings is 1. The lowest BCUT2D eigenvalue weighted by Gasteiger charge is -2.06. The first kappa shape index (κ1) is 14.0. The van der Waals surface area contributed by atoms with E-state index in [0.717, 1.165) is 31.2 Å². The fraction of sp³-hybridized carbons (Fsp3) is 0.571. The number of ether oxygens (including phenoxy) is 1. The molecule has 0 saturated heterocycles. The summed E-state index contributed by atoms with van der Waals surface area (Å²) in [5, 5.41) is 14.1. The summed E-state index contributed by atoms with van der Waals surface area (Å²) in [6.45, 7) is 3.13. The van der Waals surface area contributed by atoms with Crippen molar-refractivity contribution in [1.29, 1.82) is 0 Å². The van der Waals surface area contributed by atoms with Crippen LogP contribution in [-0.4, -0.2) is 31.2 Å². The highest BCUT2D eigenvalue weighted by Gasteiger charge is 2.20. The number of nitrogens with zero attached hydrogens (tertiary/aromatic N) is 1. The molecular formula is C14H20N2O3. The van der Waals surface area contributed by atoms with Gasteiger partial charge in [-0.15, -0.1) is 0 Å². The van der Waals surface area contributed by atoms with E-state index in [1.807, 2.05) is 12.1 Å². The van der Waals surface area contributed by atoms with E-state index < -0.39 is 0 Å². The lowest BCUT2D eigenvalue weighted by molar-refractivity contribution is -0.385. The first-order valence-electron chi connectivity index (χ1n) is 6.78. The second-order valence-electron chi connectivity index (χ2n) is 4.90. The minimum Gasteiger partial charge on any atom is -0.380 e. The summed E-state index contributed by atoms with van der Waals surface area (Å²) in [6, 6.07) is 6.89. The Morgan fingerprint density at radius 1 is 1.32 bits per heavy atom. The van der Waals surface area contributed by atoms with Crippen LogP contribution in [0.1, 0.15) is 18.4 Å². The molecule has 1 aliphatic rings. The van der Waals surface area contributed by atoms with Gasteiger partial charge in [-0.1, -0.05) is 18.2 Å². The summed E-state index contributed by atoms with van der Waals surface area (Å²) in [5.41, 5.74) is 0.980. The molecule has 0 unspecified atom stereocenters. The van der Waals surface area contributed by atoms with E-state index in [1.165, 1.54) is 12.8 Å². The maximum atomic E-state index is 10.8. The van der Waals surface area contributed by atoms with Crippen LogP contribution in [0, 0.1) is 16.0 Å². The molecule has 0 aliphatic heterocycles. The van der Waals surface area contributed by atoms with Crippen LogP contribution in [0.15, 0.2) is 24.3 Å². The second kappa shape index (κ2) is 7.21. The van der Waals surface area contributed by atoms with E-state index in [4.69, 9.17) is 4.74 Å². The standard InChI is InChI=1S/C14H20N2O3/c17-16(18)14-4-2-1-3-13(14)7-8-15-9-10-19-11-12-5-6-12/h1-4,12,15H,5-11H2. The monoisotopic (exact) mass is 264 g/mol. The van der Waals surface area contributed by atoms with Crippen molar-refractivity contribution in [3.05, 3.63) is 39.9 Å². The molecule has 0 aromatic heterocycles. The summed E-state index contributed by atoms with van der Waals surface area (Å²) >= 11 is 0. The fourth-order valence-corrected chi connectivity index (χ4v) is 1.93. The zero-order valence-corrected chi connectivity index (χ0v) is 11.0. The van der Waals surface area contributed by atoms with Crippen molar-refractivity contribution >= 4 is 5.69 Å². The molecule has 104 valence electrons. The van der Waals surface area contributed by atoms with Gasteiger partial charge in [-0.05, 0) is 31.7 Å². The van der Waals surface area contributed by atoms with Gasteiger partial charge in [0, 0.05) is 24.8 Å². The Morgan fingerprint density at radius 3 is 2.84 bits per heavy atom. The summed E-state index contributed by atoms with van der Waals surface area (Å²) in [4.78, 5) is 10.5. The van der Waals surface area contributed by atoms with Gasteiger partial charge in [0.25, 0.3) is 5.69 Å². The molecule has 5 nitrogen and oxygen atoms in total. The SMILES string of the molecule is O=[N+]([O-])c1ccccc1CCNCCOCC1CC1. The van der Waals surface area contributed by atoms with Gasteiger partial charge < -0.3 is 10.1 Å². The van der Waals surface area contributed by atoms with Gasteiger partial charge in [-0.25, -0.2) is 0 Å². The molecule has 1 fully saturated rings. The molecule has 2 rings (SSSR count). The van der Waals surface area contributed by atoms with Crippen molar-refractivity contribution < 1.29 is 9.66 Å². The topological polar surface area (TPSA) is 64.4 Å². The molecule has 1 aliphatic carbocycles. The van der Waals surface area contributed by atoms with Gasteiger partial charge in [-0.2, -0.15) is 0 Å². The number of hydrogen-bond donors (Lipinski definition) is 1. The Morgan fingerprint density at radius 2 is 2.11 bits per heavy atom. The predicted molar refractivity (Wildman–Crippen MR) is 73.2 cm³/mol. The lowest BCUT2D eigenvalue weighted by Crippen LogP contribution is -2.22. The number of rotatable bonds is 9. The lowest BCUT2D eigenvalue weighted by atomic mass is 10.1. The van der Waals surface area contributed by atoms with E-state index >= 15 is 0 Å². The molecular weight excluding hydrogens is 244 g/mol. The predicted octanol–water partition coefficient (Wildman–Crippen LogP) is 2.15. The maximum Gasteiger partial charge on any atom is 0.272 e. The molecule has 0 atom stereocenters. The minimum atomic E-state index is -0.325. The van der Waals surface area contributed by atoms with Crippen LogP contribution in [0.3, 0.4) is 0 Å². The summed E-state index contributed by atoms with van der Waals surface area (Å²) in [6.07, 6.45) is 3.29. The van der Waals surface area contributed by atoms with Crippen LogP contribution in [0.5, 0.6) is 0 Å². The summed E-state index contributed by atoms with van der Waals surface area (Å²) < 4.78 is 5.50. The van der Waals surface area contributed by atoms with Crippen molar-refractivity contribution in [3.63, 3.8) is 0 Å². The molecule has 0 radical (unpaired) electrons. The van der Waals surface area contributed by atoms with Gasteiger partial charge in [0.15, 0.2) is 0 Å². The zero-order chi connectivity index (χ0) is 13.5. The largest absolute Gasteiger partial charge is 0.380 e. The number of nitro benzene ring substituents is 1. The van der Waals surface area contributed by atoms with E-state index in [9.17, 15) is 10.1 Å². The molecule has 1 saturated carbocycles. The molecule has 1 aromatic rings. The van der Waals surface area contributed by atoms with Crippen molar-refractivity contribution in [1.82, 2.24) is 5.32 Å². The summed E-state index contributed by atoms with van der Waals surface area (Å²) in [7, 11) is 0. The average Bonchev–Trinajstić information content (AvgIpc) is 3.22. The summed E-state index contributed by atoms with van der Waals surface area (Å²) in [5.74, 6) is 0.798. The van der Waals surface area contributed by atoms with Gasteiger partial charge >= 0.3 is 0 Å². The Hall–Kier alpha value is -1.46. The molecule has 1 N–H and O–H groups in total. The van der Waals surface area contributed by atoms with E-state index in [-0.39, 0.29) is 10.6 Å². The zero-order valence-electron chi connectivity index (χ0n) is 11.0. The second-order valence-corrected chi connectivity index (χ2v) is 4.90. The number of nitro groups is 1. The maximum absolute atomic E-state index is 10.8. The smallest absolute Gasteiger partial charge is 0.272 e. The van der Waals surface area contributed by atoms with Crippen molar-refractivity contribution in [2.45, 2.75) is 19.3 Å². The van der Waals surface area contributed by atoms with E-state index in [0.29, 0.717) is 13.0 Å². The van der Waals surface area contributed by atoms with E-state index in [1.54, 1.807) is 12.1 Å². The van der Waals surface area contributed by atoms with Crippen molar-refractivity contribution in [3.8, 4) is 0 Å². The number of para-hydroxylation sites is 1. The normalized spacial score (nSPS) is 14.5. The van der Waals surface area contributed by atoms with Gasteiger partial charge in [0.1, 0.15) is 0 Å². The number of nitrogens with one attached hydrogen (secondary N) is 1. The van der Waals surface area contributed by atoms with Gasteiger partial charge in [0.2, 0.25) is 0 Å². The van der Waals surface area contributed by atoms with Crippen LogP contribution in [0.25, 0.3) is 0 Å². The first-order chi connectivity index (χ1) is 9.27. The molecule has 0 heterocycles. The molecule has 19 heavy (non-hydrogen) atoms. The highest BCUT2D eigenvalue weighted by Crippen LogP contribution is 2.28. The minimum absolute atomic E-state index is 0.203. The van der Waals surface area contributed by atoms with E-state index in [2.05, 4.69) is 5.32 Å². The van der Waals surface area contributed by atoms with Crippen LogP contribution in [0.2, 0.25) is 0 Å². The highest BCUT2D eigenvalue weighted by atomic mass is 16.6. The molecule has 0 amide bonds. The molecule has 0 spiro atoms. The quantitative estimate of drug-likeness (QED) is 0.421. The Balaban J connectivity index is 1.60. The highest BCUT2D eigenvalue weighted by molar-refractivity contribution is 5.39. The third-order valence-electron chi connectivity index (χ3n) is 3.23. The van der Waals surface area contributed by atoms with Gasteiger partial charge in [-0.3, -0.25) is 10.1 Å².